The van der Waals surface area contributed by atoms with Crippen LogP contribution < -0.4 is 15.4 Å². The first-order valence-electron chi connectivity index (χ1n) is 8.21. The molecule has 1 aliphatic heterocycles. The molecular formula is C20H22N2O2. The summed E-state index contributed by atoms with van der Waals surface area (Å²) in [5, 5.41) is 0. The first-order chi connectivity index (χ1) is 11.6. The van der Waals surface area contributed by atoms with Gasteiger partial charge in [0.2, 0.25) is 0 Å². The molecular weight excluding hydrogens is 300 g/mol. The second kappa shape index (κ2) is 6.79. The van der Waals surface area contributed by atoms with Crippen molar-refractivity contribution in [2.24, 2.45) is 0 Å². The van der Waals surface area contributed by atoms with Crippen molar-refractivity contribution in [2.45, 2.75) is 26.3 Å². The zero-order chi connectivity index (χ0) is 17.1. The van der Waals surface area contributed by atoms with Gasteiger partial charge >= 0.3 is 0 Å². The SMILES string of the molecule is CCOc1ccc(/C=C\C(=O)N2c3ccccc3CC2C)cc1N. The molecule has 0 radical (unpaired) electrons. The Bertz CT molecular complexity index is 783. The normalized spacial score (nSPS) is 16.4. The van der Waals surface area contributed by atoms with Gasteiger partial charge in [0.25, 0.3) is 5.91 Å². The van der Waals surface area contributed by atoms with Crippen LogP contribution in [0.4, 0.5) is 11.4 Å². The maximum atomic E-state index is 12.6. The van der Waals surface area contributed by atoms with Gasteiger partial charge in [-0.25, -0.2) is 0 Å². The minimum absolute atomic E-state index is 0.0140. The Labute approximate surface area is 142 Å². The van der Waals surface area contributed by atoms with Crippen LogP contribution >= 0.6 is 0 Å². The Kier molecular flexibility index (Phi) is 4.56. The van der Waals surface area contributed by atoms with Gasteiger partial charge in [0.05, 0.1) is 12.3 Å². The summed E-state index contributed by atoms with van der Waals surface area (Å²) in [5.74, 6) is 0.656. The lowest BCUT2D eigenvalue weighted by Gasteiger charge is -2.21. The molecule has 1 heterocycles. The third-order valence-electron chi connectivity index (χ3n) is 4.20. The van der Waals surface area contributed by atoms with E-state index in [1.165, 1.54) is 5.56 Å². The fourth-order valence-electron chi connectivity index (χ4n) is 3.11. The van der Waals surface area contributed by atoms with E-state index in [-0.39, 0.29) is 11.9 Å². The Morgan fingerprint density at radius 3 is 2.88 bits per heavy atom. The smallest absolute Gasteiger partial charge is 0.251 e. The van der Waals surface area contributed by atoms with E-state index in [2.05, 4.69) is 13.0 Å². The minimum atomic E-state index is -0.0140. The van der Waals surface area contributed by atoms with Gasteiger partial charge in [0, 0.05) is 17.8 Å². The molecule has 2 aromatic carbocycles. The van der Waals surface area contributed by atoms with E-state index in [0.29, 0.717) is 18.0 Å². The average molecular weight is 322 g/mol. The zero-order valence-electron chi connectivity index (χ0n) is 14.0. The lowest BCUT2D eigenvalue weighted by molar-refractivity contribution is -0.114. The molecule has 0 spiro atoms. The van der Waals surface area contributed by atoms with Crippen LogP contribution in [-0.4, -0.2) is 18.6 Å². The number of hydrogen-bond donors (Lipinski definition) is 1. The number of anilines is 2. The molecule has 1 unspecified atom stereocenters. The second-order valence-electron chi connectivity index (χ2n) is 5.95. The molecule has 124 valence electrons. The molecule has 2 N–H and O–H groups in total. The highest BCUT2D eigenvalue weighted by Crippen LogP contribution is 2.32. The van der Waals surface area contributed by atoms with E-state index in [0.717, 1.165) is 17.7 Å². The largest absolute Gasteiger partial charge is 0.492 e. The van der Waals surface area contributed by atoms with Crippen molar-refractivity contribution in [1.82, 2.24) is 0 Å². The van der Waals surface area contributed by atoms with Crippen molar-refractivity contribution >= 4 is 23.4 Å². The molecule has 0 aliphatic carbocycles. The van der Waals surface area contributed by atoms with Crippen molar-refractivity contribution in [3.8, 4) is 5.75 Å². The van der Waals surface area contributed by atoms with Crippen LogP contribution in [0, 0.1) is 0 Å². The van der Waals surface area contributed by atoms with E-state index in [1.54, 1.807) is 12.2 Å². The van der Waals surface area contributed by atoms with Crippen molar-refractivity contribution in [3.05, 3.63) is 59.7 Å². The maximum Gasteiger partial charge on any atom is 0.251 e. The highest BCUT2D eigenvalue weighted by molar-refractivity contribution is 6.05. The first-order valence-corrected chi connectivity index (χ1v) is 8.21. The third-order valence-corrected chi connectivity index (χ3v) is 4.20. The van der Waals surface area contributed by atoms with Crippen LogP contribution in [0.15, 0.2) is 48.5 Å². The van der Waals surface area contributed by atoms with E-state index in [1.807, 2.05) is 48.2 Å². The number of para-hydroxylation sites is 1. The molecule has 0 saturated heterocycles. The number of ether oxygens (including phenoxy) is 1. The molecule has 4 nitrogen and oxygen atoms in total. The monoisotopic (exact) mass is 322 g/mol. The highest BCUT2D eigenvalue weighted by Gasteiger charge is 2.29. The fourth-order valence-corrected chi connectivity index (χ4v) is 3.11. The number of nitrogens with zero attached hydrogens (tertiary/aromatic N) is 1. The molecule has 1 aliphatic rings. The summed E-state index contributed by atoms with van der Waals surface area (Å²) in [5.41, 5.74) is 9.65. The summed E-state index contributed by atoms with van der Waals surface area (Å²) >= 11 is 0. The van der Waals surface area contributed by atoms with Crippen molar-refractivity contribution in [1.29, 1.82) is 0 Å². The van der Waals surface area contributed by atoms with Gasteiger partial charge in [-0.15, -0.1) is 0 Å². The number of fused-ring (bicyclic) bond motifs is 1. The van der Waals surface area contributed by atoms with Crippen LogP contribution in [0.5, 0.6) is 5.75 Å². The molecule has 0 bridgehead atoms. The molecule has 24 heavy (non-hydrogen) atoms. The van der Waals surface area contributed by atoms with E-state index in [9.17, 15) is 4.79 Å². The summed E-state index contributed by atoms with van der Waals surface area (Å²) in [6.45, 7) is 4.56. The summed E-state index contributed by atoms with van der Waals surface area (Å²) in [6.07, 6.45) is 4.29. The number of rotatable bonds is 4. The molecule has 0 saturated carbocycles. The third kappa shape index (κ3) is 3.13. The molecule has 1 amide bonds. The molecule has 4 heteroatoms. The fraction of sp³-hybridized carbons (Fsp3) is 0.250. The van der Waals surface area contributed by atoms with Gasteiger partial charge in [-0.05, 0) is 55.7 Å². The summed E-state index contributed by atoms with van der Waals surface area (Å²) < 4.78 is 5.43. The second-order valence-corrected chi connectivity index (χ2v) is 5.95. The van der Waals surface area contributed by atoms with Gasteiger partial charge in [0.1, 0.15) is 5.75 Å². The standard InChI is InChI=1S/C20H22N2O2/c1-3-24-19-10-8-15(13-17(19)21)9-11-20(23)22-14(2)12-16-6-4-5-7-18(16)22/h4-11,13-14H,3,12,21H2,1-2H3/b11-9-. The van der Waals surface area contributed by atoms with Gasteiger partial charge in [-0.1, -0.05) is 24.3 Å². The maximum absolute atomic E-state index is 12.6. The van der Waals surface area contributed by atoms with Gasteiger partial charge < -0.3 is 15.4 Å². The predicted octanol–water partition coefficient (Wildman–Crippen LogP) is 3.66. The Hall–Kier alpha value is -2.75. The first kappa shape index (κ1) is 16.1. The average Bonchev–Trinajstić information content (AvgIpc) is 2.91. The van der Waals surface area contributed by atoms with Gasteiger partial charge in [0.15, 0.2) is 0 Å². The Morgan fingerprint density at radius 2 is 2.12 bits per heavy atom. The molecule has 3 rings (SSSR count). The topological polar surface area (TPSA) is 55.6 Å². The van der Waals surface area contributed by atoms with Crippen LogP contribution in [0.2, 0.25) is 0 Å². The lowest BCUT2D eigenvalue weighted by atomic mass is 10.1. The van der Waals surface area contributed by atoms with E-state index >= 15 is 0 Å². The van der Waals surface area contributed by atoms with E-state index in [4.69, 9.17) is 10.5 Å². The predicted molar refractivity (Wildman–Crippen MR) is 98.2 cm³/mol. The Balaban J connectivity index is 1.77. The number of carbonyl (C=O) groups excluding carboxylic acids is 1. The van der Waals surface area contributed by atoms with Crippen molar-refractivity contribution < 1.29 is 9.53 Å². The summed E-state index contributed by atoms with van der Waals surface area (Å²) in [6, 6.07) is 13.8. The molecule has 2 aromatic rings. The zero-order valence-corrected chi connectivity index (χ0v) is 14.0. The van der Waals surface area contributed by atoms with Crippen LogP contribution in [0.3, 0.4) is 0 Å². The van der Waals surface area contributed by atoms with Crippen molar-refractivity contribution in [3.63, 3.8) is 0 Å². The molecule has 0 fully saturated rings. The molecule has 1 atom stereocenters. The minimum Gasteiger partial charge on any atom is -0.492 e. The highest BCUT2D eigenvalue weighted by atomic mass is 16.5. The van der Waals surface area contributed by atoms with Gasteiger partial charge in [-0.3, -0.25) is 4.79 Å². The summed E-state index contributed by atoms with van der Waals surface area (Å²) in [4.78, 5) is 14.5. The molecule has 0 aromatic heterocycles. The van der Waals surface area contributed by atoms with Gasteiger partial charge in [-0.2, -0.15) is 0 Å². The van der Waals surface area contributed by atoms with Crippen LogP contribution in [-0.2, 0) is 11.2 Å². The van der Waals surface area contributed by atoms with Crippen LogP contribution in [0.25, 0.3) is 6.08 Å². The summed E-state index contributed by atoms with van der Waals surface area (Å²) in [7, 11) is 0. The number of carbonyl (C=O) groups is 1. The number of hydrogen-bond acceptors (Lipinski definition) is 3. The lowest BCUT2D eigenvalue weighted by Crippen LogP contribution is -2.34. The van der Waals surface area contributed by atoms with E-state index < -0.39 is 0 Å². The Morgan fingerprint density at radius 1 is 1.33 bits per heavy atom. The number of nitrogen functional groups attached to an aromatic ring is 1. The van der Waals surface area contributed by atoms with Crippen LogP contribution in [0.1, 0.15) is 25.0 Å². The number of amides is 1. The number of nitrogens with two attached hydrogens (primary N) is 1. The van der Waals surface area contributed by atoms with Crippen molar-refractivity contribution in [2.75, 3.05) is 17.2 Å². The number of benzene rings is 2. The quantitative estimate of drug-likeness (QED) is 0.690.